The van der Waals surface area contributed by atoms with Crippen LogP contribution in [0, 0.1) is 0 Å². The largest absolute Gasteiger partial charge is 0.493 e. The number of nitrogens with one attached hydrogen (secondary N) is 2. The number of rotatable bonds is 11. The van der Waals surface area contributed by atoms with Crippen molar-refractivity contribution in [1.82, 2.24) is 19.9 Å². The van der Waals surface area contributed by atoms with Crippen LogP contribution in [0.15, 0.2) is 61.1 Å². The lowest BCUT2D eigenvalue weighted by molar-refractivity contribution is 0.0850. The quantitative estimate of drug-likeness (QED) is 0.204. The molecule has 1 amide bonds. The number of halogens is 1. The van der Waals surface area contributed by atoms with E-state index in [1.54, 1.807) is 49.7 Å². The number of carbonyl (C=O) groups is 1. The van der Waals surface area contributed by atoms with Crippen molar-refractivity contribution in [3.05, 3.63) is 71.6 Å². The van der Waals surface area contributed by atoms with Gasteiger partial charge in [0.1, 0.15) is 18.0 Å². The second-order valence-electron chi connectivity index (χ2n) is 9.83. The lowest BCUT2D eigenvalue weighted by atomic mass is 10.0. The molecule has 0 aliphatic carbocycles. The maximum Gasteiger partial charge on any atom is 0.256 e. The minimum atomic E-state index is -0.298. The van der Waals surface area contributed by atoms with Gasteiger partial charge < -0.3 is 25.2 Å². The van der Waals surface area contributed by atoms with E-state index in [-0.39, 0.29) is 18.6 Å². The fourth-order valence-corrected chi connectivity index (χ4v) is 5.13. The molecule has 10 nitrogen and oxygen atoms in total. The molecule has 214 valence electrons. The third-order valence-corrected chi connectivity index (χ3v) is 7.32. The summed E-state index contributed by atoms with van der Waals surface area (Å²) < 4.78 is 11.7. The fourth-order valence-electron chi connectivity index (χ4n) is 4.94. The van der Waals surface area contributed by atoms with Gasteiger partial charge in [0.05, 0.1) is 37.7 Å². The minimum Gasteiger partial charge on any atom is -0.493 e. The summed E-state index contributed by atoms with van der Waals surface area (Å²) in [5.74, 6) is 1.89. The van der Waals surface area contributed by atoms with Gasteiger partial charge in [0.15, 0.2) is 11.5 Å². The molecular formula is C30H33ClN6O4. The van der Waals surface area contributed by atoms with Gasteiger partial charge in [0.2, 0.25) is 0 Å². The van der Waals surface area contributed by atoms with Crippen molar-refractivity contribution < 1.29 is 19.4 Å². The molecule has 1 saturated heterocycles. The van der Waals surface area contributed by atoms with Crippen LogP contribution < -0.4 is 20.1 Å². The van der Waals surface area contributed by atoms with Gasteiger partial charge in [-0.1, -0.05) is 24.1 Å². The highest BCUT2D eigenvalue weighted by Gasteiger charge is 2.21. The topological polar surface area (TPSA) is 122 Å². The third-order valence-electron chi connectivity index (χ3n) is 7.08. The number of carbonyl (C=O) groups excluding carboxylic acids is 1. The number of pyridine rings is 1. The number of aromatic nitrogens is 3. The highest BCUT2D eigenvalue weighted by Crippen LogP contribution is 2.35. The van der Waals surface area contributed by atoms with E-state index in [1.165, 1.54) is 19.2 Å². The molecule has 1 atom stereocenters. The predicted octanol–water partition coefficient (Wildman–Crippen LogP) is 5.30. The van der Waals surface area contributed by atoms with E-state index in [4.69, 9.17) is 21.1 Å². The van der Waals surface area contributed by atoms with Crippen molar-refractivity contribution in [2.45, 2.75) is 31.7 Å². The zero-order valence-electron chi connectivity index (χ0n) is 22.8. The number of benzene rings is 2. The Morgan fingerprint density at radius 2 is 2.02 bits per heavy atom. The number of ether oxygens (including phenoxy) is 2. The Balaban J connectivity index is 1.23. The average Bonchev–Trinajstić information content (AvgIpc) is 3.00. The molecule has 1 unspecified atom stereocenters. The van der Waals surface area contributed by atoms with E-state index in [2.05, 4.69) is 30.5 Å². The van der Waals surface area contributed by atoms with Gasteiger partial charge in [-0.2, -0.15) is 0 Å². The van der Waals surface area contributed by atoms with Crippen molar-refractivity contribution in [3.63, 3.8) is 0 Å². The van der Waals surface area contributed by atoms with E-state index in [9.17, 15) is 9.90 Å². The summed E-state index contributed by atoms with van der Waals surface area (Å²) in [7, 11) is 1.60. The molecule has 2 aromatic heterocycles. The maximum atomic E-state index is 12.5. The predicted molar refractivity (Wildman–Crippen MR) is 159 cm³/mol. The van der Waals surface area contributed by atoms with E-state index in [0.717, 1.165) is 31.3 Å². The molecular weight excluding hydrogens is 544 g/mol. The van der Waals surface area contributed by atoms with Crippen LogP contribution in [0.1, 0.15) is 36.0 Å². The molecule has 2 aromatic carbocycles. The van der Waals surface area contributed by atoms with E-state index >= 15 is 0 Å². The lowest BCUT2D eigenvalue weighted by Crippen LogP contribution is -2.42. The number of aliphatic hydroxyl groups is 1. The van der Waals surface area contributed by atoms with Crippen molar-refractivity contribution in [3.8, 4) is 11.5 Å². The Bertz CT molecular complexity index is 1490. The minimum absolute atomic E-state index is 0.205. The second-order valence-corrected chi connectivity index (χ2v) is 10.3. The number of likely N-dealkylation sites (tertiary alicyclic amines) is 1. The summed E-state index contributed by atoms with van der Waals surface area (Å²) in [6.45, 7) is 2.64. The summed E-state index contributed by atoms with van der Waals surface area (Å²) in [6.07, 6.45) is 7.34. The zero-order valence-corrected chi connectivity index (χ0v) is 23.6. The maximum absolute atomic E-state index is 12.5. The van der Waals surface area contributed by atoms with Crippen LogP contribution in [0.25, 0.3) is 10.9 Å². The Morgan fingerprint density at radius 1 is 1.12 bits per heavy atom. The Morgan fingerprint density at radius 3 is 2.80 bits per heavy atom. The molecule has 41 heavy (non-hydrogen) atoms. The first-order chi connectivity index (χ1) is 20.0. The van der Waals surface area contributed by atoms with Crippen LogP contribution in [0.5, 0.6) is 11.5 Å². The Labute approximate surface area is 243 Å². The summed E-state index contributed by atoms with van der Waals surface area (Å²) >= 11 is 5.99. The molecule has 1 fully saturated rings. The molecule has 11 heteroatoms. The number of piperidine rings is 1. The standard InChI is InChI=1S/C30H33ClN6O4/c1-40-26-15-24-25(16-27(26)41-13-5-12-37-11-3-2-8-23(37)18-38)33-19-34-29(24)35-22-9-10-28(32-17-22)36-30(39)20-6-4-7-21(31)14-20/h4,6-7,9-10,14-17,19,23,38H,2-3,5,8,11-13,18H2,1H3,(H,32,36,39)(H,33,34,35). The van der Waals surface area contributed by atoms with Gasteiger partial charge in [-0.25, -0.2) is 15.0 Å². The molecule has 0 spiro atoms. The monoisotopic (exact) mass is 576 g/mol. The highest BCUT2D eigenvalue weighted by atomic mass is 35.5. The van der Waals surface area contributed by atoms with Crippen LogP contribution in [-0.4, -0.2) is 70.3 Å². The van der Waals surface area contributed by atoms with Crippen molar-refractivity contribution >= 4 is 45.7 Å². The SMILES string of the molecule is COc1cc2c(Nc3ccc(NC(=O)c4cccc(Cl)c4)nc3)ncnc2cc1OCCCN1CCCCC1CO. The van der Waals surface area contributed by atoms with E-state index in [1.807, 2.05) is 12.1 Å². The first-order valence-electron chi connectivity index (χ1n) is 13.6. The van der Waals surface area contributed by atoms with Gasteiger partial charge in [-0.15, -0.1) is 0 Å². The number of anilines is 3. The fraction of sp³-hybridized carbons (Fsp3) is 0.333. The molecule has 3 heterocycles. The first-order valence-corrected chi connectivity index (χ1v) is 14.0. The van der Waals surface area contributed by atoms with Gasteiger partial charge in [-0.3, -0.25) is 9.69 Å². The van der Waals surface area contributed by atoms with E-state index < -0.39 is 0 Å². The zero-order chi connectivity index (χ0) is 28.6. The first kappa shape index (κ1) is 28.5. The molecule has 4 aromatic rings. The van der Waals surface area contributed by atoms with Crippen LogP contribution in [0.4, 0.5) is 17.3 Å². The van der Waals surface area contributed by atoms with Crippen LogP contribution in [-0.2, 0) is 0 Å². The number of hydrogen-bond donors (Lipinski definition) is 3. The number of nitrogens with zero attached hydrogens (tertiary/aromatic N) is 4. The number of fused-ring (bicyclic) bond motifs is 1. The van der Waals surface area contributed by atoms with Gasteiger partial charge >= 0.3 is 0 Å². The number of amides is 1. The molecule has 0 bridgehead atoms. The molecule has 0 saturated carbocycles. The van der Waals surface area contributed by atoms with Crippen molar-refractivity contribution in [2.75, 3.05) is 44.0 Å². The molecule has 5 rings (SSSR count). The van der Waals surface area contributed by atoms with Crippen LogP contribution in [0.3, 0.4) is 0 Å². The number of methoxy groups -OCH3 is 1. The number of aliphatic hydroxyl groups excluding tert-OH is 1. The Hall–Kier alpha value is -3.99. The van der Waals surface area contributed by atoms with Gasteiger partial charge in [0.25, 0.3) is 5.91 Å². The molecule has 3 N–H and O–H groups in total. The Kier molecular flexibility index (Phi) is 9.45. The van der Waals surface area contributed by atoms with Crippen molar-refractivity contribution in [2.24, 2.45) is 0 Å². The molecule has 0 radical (unpaired) electrons. The summed E-state index contributed by atoms with van der Waals surface area (Å²) in [6, 6.07) is 14.2. The lowest BCUT2D eigenvalue weighted by Gasteiger charge is -2.34. The number of hydrogen-bond acceptors (Lipinski definition) is 9. The van der Waals surface area contributed by atoms with Gasteiger partial charge in [-0.05, 0) is 62.2 Å². The summed E-state index contributed by atoms with van der Waals surface area (Å²) in [5.41, 5.74) is 1.83. The van der Waals surface area contributed by atoms with E-state index in [0.29, 0.717) is 51.5 Å². The van der Waals surface area contributed by atoms with Crippen LogP contribution in [0.2, 0.25) is 5.02 Å². The second kappa shape index (κ2) is 13.6. The average molecular weight is 577 g/mol. The molecule has 1 aliphatic rings. The smallest absolute Gasteiger partial charge is 0.256 e. The summed E-state index contributed by atoms with van der Waals surface area (Å²) in [5, 5.41) is 16.9. The summed E-state index contributed by atoms with van der Waals surface area (Å²) in [4.78, 5) is 28.0. The van der Waals surface area contributed by atoms with Gasteiger partial charge in [0, 0.05) is 34.6 Å². The van der Waals surface area contributed by atoms with Crippen LogP contribution >= 0.6 is 11.6 Å². The third kappa shape index (κ3) is 7.21. The molecule has 1 aliphatic heterocycles. The van der Waals surface area contributed by atoms with Crippen molar-refractivity contribution in [1.29, 1.82) is 0 Å². The highest BCUT2D eigenvalue weighted by molar-refractivity contribution is 6.31. The normalized spacial score (nSPS) is 15.4.